The lowest BCUT2D eigenvalue weighted by atomic mass is 10.1. The molecule has 0 radical (unpaired) electrons. The molecule has 0 fully saturated rings. The fourth-order valence-corrected chi connectivity index (χ4v) is 1.38. The Kier molecular flexibility index (Phi) is 6.10. The molecule has 0 aliphatic rings. The van der Waals surface area contributed by atoms with E-state index in [0.29, 0.717) is 0 Å². The third-order valence-corrected chi connectivity index (χ3v) is 2.20. The van der Waals surface area contributed by atoms with Crippen molar-refractivity contribution < 1.29 is 4.79 Å². The van der Waals surface area contributed by atoms with Gasteiger partial charge in [-0.05, 0) is 30.5 Å². The highest BCUT2D eigenvalue weighted by molar-refractivity contribution is 5.89. The monoisotopic (exact) mass is 247 g/mol. The van der Waals surface area contributed by atoms with Gasteiger partial charge in [0, 0.05) is 18.9 Å². The average Bonchev–Trinajstić information content (AvgIpc) is 2.39. The van der Waals surface area contributed by atoms with Crippen molar-refractivity contribution in [3.63, 3.8) is 0 Å². The maximum Gasteiger partial charge on any atom is 0.318 e. The Morgan fingerprint density at radius 1 is 1.44 bits per heavy atom. The van der Waals surface area contributed by atoms with E-state index < -0.39 is 0 Å². The molecule has 96 valence electrons. The molecule has 0 saturated heterocycles. The van der Waals surface area contributed by atoms with Crippen molar-refractivity contribution in [1.82, 2.24) is 5.32 Å². The summed E-state index contributed by atoms with van der Waals surface area (Å²) in [7, 11) is 3.16. The normalized spacial score (nSPS) is 11.0. The Bertz CT molecular complexity index is 442. The van der Waals surface area contributed by atoms with Crippen LogP contribution in [0.15, 0.2) is 39.7 Å². The number of hydrogen-bond donors (Lipinski definition) is 2. The van der Waals surface area contributed by atoms with Crippen LogP contribution in [0.1, 0.15) is 12.0 Å². The van der Waals surface area contributed by atoms with Gasteiger partial charge in [-0.15, -0.1) is 5.10 Å². The van der Waals surface area contributed by atoms with Crippen molar-refractivity contribution in [3.8, 4) is 0 Å². The van der Waals surface area contributed by atoms with Gasteiger partial charge in [0.2, 0.25) is 0 Å². The van der Waals surface area contributed by atoms with Crippen molar-refractivity contribution in [2.24, 2.45) is 15.4 Å². The van der Waals surface area contributed by atoms with Crippen LogP contribution in [0.3, 0.4) is 0 Å². The maximum absolute atomic E-state index is 11.2. The third-order valence-electron chi connectivity index (χ3n) is 2.20. The van der Waals surface area contributed by atoms with Gasteiger partial charge in [0.1, 0.15) is 0 Å². The summed E-state index contributed by atoms with van der Waals surface area (Å²) < 4.78 is 0. The minimum absolute atomic E-state index is 0.225. The lowest BCUT2D eigenvalue weighted by Crippen LogP contribution is -2.24. The molecule has 0 saturated carbocycles. The van der Waals surface area contributed by atoms with Gasteiger partial charge in [0.25, 0.3) is 0 Å². The number of carbonyl (C=O) groups excluding carboxylic acids is 1. The van der Waals surface area contributed by atoms with Crippen LogP contribution in [0.2, 0.25) is 0 Å². The molecule has 1 aromatic rings. The minimum atomic E-state index is -0.225. The molecule has 6 nitrogen and oxygen atoms in total. The Labute approximate surface area is 106 Å². The van der Waals surface area contributed by atoms with Crippen LogP contribution >= 0.6 is 0 Å². The predicted molar refractivity (Wildman–Crippen MR) is 72.1 cm³/mol. The number of anilines is 1. The third kappa shape index (κ3) is 5.20. The molecule has 0 aromatic heterocycles. The summed E-state index contributed by atoms with van der Waals surface area (Å²) in [4.78, 5) is 11.2. The van der Waals surface area contributed by atoms with E-state index in [1.54, 1.807) is 20.3 Å². The van der Waals surface area contributed by atoms with Crippen LogP contribution in [0, 0.1) is 0 Å². The van der Waals surface area contributed by atoms with Crippen molar-refractivity contribution >= 4 is 17.9 Å². The van der Waals surface area contributed by atoms with E-state index in [1.807, 2.05) is 24.3 Å². The summed E-state index contributed by atoms with van der Waals surface area (Å²) in [6, 6.07) is 7.47. The predicted octanol–water partition coefficient (Wildman–Crippen LogP) is 2.44. The fourth-order valence-electron chi connectivity index (χ4n) is 1.38. The number of benzene rings is 1. The quantitative estimate of drug-likeness (QED) is 0.468. The number of rotatable bonds is 5. The van der Waals surface area contributed by atoms with E-state index in [0.717, 1.165) is 24.1 Å². The Balaban J connectivity index is 2.51. The van der Waals surface area contributed by atoms with E-state index >= 15 is 0 Å². The van der Waals surface area contributed by atoms with Crippen LogP contribution in [0.5, 0.6) is 0 Å². The highest BCUT2D eigenvalue weighted by atomic mass is 16.2. The number of carbonyl (C=O) groups is 1. The summed E-state index contributed by atoms with van der Waals surface area (Å²) >= 11 is 0. The Morgan fingerprint density at radius 2 is 2.28 bits per heavy atom. The van der Waals surface area contributed by atoms with E-state index in [2.05, 4.69) is 26.1 Å². The highest BCUT2D eigenvalue weighted by Gasteiger charge is 1.99. The molecule has 6 heteroatoms. The minimum Gasteiger partial charge on any atom is -0.341 e. The van der Waals surface area contributed by atoms with Crippen molar-refractivity contribution in [1.29, 1.82) is 0 Å². The summed E-state index contributed by atoms with van der Waals surface area (Å²) in [6.45, 7) is 0. The molecule has 1 rings (SSSR count). The molecular weight excluding hydrogens is 230 g/mol. The average molecular weight is 247 g/mol. The number of urea groups is 1. The molecule has 2 amide bonds. The summed E-state index contributed by atoms with van der Waals surface area (Å²) in [6.07, 6.45) is 3.33. The molecule has 2 N–H and O–H groups in total. The van der Waals surface area contributed by atoms with Gasteiger partial charge in [-0.2, -0.15) is 5.11 Å². The number of amides is 2. The second kappa shape index (κ2) is 7.94. The molecule has 1 aromatic carbocycles. The molecule has 0 heterocycles. The fraction of sp³-hybridized carbons (Fsp3) is 0.333. The van der Waals surface area contributed by atoms with Gasteiger partial charge in [0.05, 0.1) is 7.05 Å². The van der Waals surface area contributed by atoms with Crippen LogP contribution in [0.25, 0.3) is 0 Å². The second-order valence-electron chi connectivity index (χ2n) is 3.53. The lowest BCUT2D eigenvalue weighted by Gasteiger charge is -2.06. The Hall–Kier alpha value is -2.24. The molecule has 0 aliphatic carbocycles. The molecule has 0 atom stereocenters. The summed E-state index contributed by atoms with van der Waals surface area (Å²) in [5, 5.41) is 16.0. The highest BCUT2D eigenvalue weighted by Crippen LogP contribution is 2.11. The van der Waals surface area contributed by atoms with Crippen LogP contribution in [0.4, 0.5) is 10.5 Å². The SMILES string of the molecule is C/N=N\N=C/CCc1cccc(NC(=O)NC)c1. The zero-order valence-corrected chi connectivity index (χ0v) is 10.6. The first-order valence-electron chi connectivity index (χ1n) is 5.64. The van der Waals surface area contributed by atoms with Gasteiger partial charge in [-0.3, -0.25) is 0 Å². The zero-order chi connectivity index (χ0) is 13.2. The van der Waals surface area contributed by atoms with Gasteiger partial charge >= 0.3 is 6.03 Å². The smallest absolute Gasteiger partial charge is 0.318 e. The summed E-state index contributed by atoms with van der Waals surface area (Å²) in [5.41, 5.74) is 1.90. The zero-order valence-electron chi connectivity index (χ0n) is 10.6. The van der Waals surface area contributed by atoms with E-state index in [-0.39, 0.29) is 6.03 Å². The van der Waals surface area contributed by atoms with Crippen LogP contribution in [-0.4, -0.2) is 26.3 Å². The van der Waals surface area contributed by atoms with Gasteiger partial charge in [0.15, 0.2) is 0 Å². The van der Waals surface area contributed by atoms with Crippen LogP contribution in [-0.2, 0) is 6.42 Å². The van der Waals surface area contributed by atoms with Crippen LogP contribution < -0.4 is 10.6 Å². The van der Waals surface area contributed by atoms with Gasteiger partial charge < -0.3 is 10.6 Å². The first kappa shape index (κ1) is 13.8. The number of nitrogens with zero attached hydrogens (tertiary/aromatic N) is 3. The Morgan fingerprint density at radius 3 is 3.00 bits per heavy atom. The van der Waals surface area contributed by atoms with Crippen molar-refractivity contribution in [3.05, 3.63) is 29.8 Å². The number of nitrogens with one attached hydrogen (secondary N) is 2. The molecule has 0 unspecified atom stereocenters. The number of aryl methyl sites for hydroxylation is 1. The van der Waals surface area contributed by atoms with Crippen molar-refractivity contribution in [2.45, 2.75) is 12.8 Å². The molecular formula is C12H17N5O. The summed E-state index contributed by atoms with van der Waals surface area (Å²) in [5.74, 6) is 0. The van der Waals surface area contributed by atoms with Gasteiger partial charge in [-0.25, -0.2) is 4.79 Å². The molecule has 0 bridgehead atoms. The number of hydrogen-bond acceptors (Lipinski definition) is 3. The van der Waals surface area contributed by atoms with Crippen molar-refractivity contribution in [2.75, 3.05) is 19.4 Å². The first-order chi connectivity index (χ1) is 8.76. The molecule has 18 heavy (non-hydrogen) atoms. The standard InChI is InChI=1S/C12H17N5O/c1-13-12(18)16-11-7-3-5-10(9-11)6-4-8-15-17-14-2/h3,5,7-9H,4,6H2,1-2H3,(H2,13,16,18)/b15-8-,17-14-. The first-order valence-corrected chi connectivity index (χ1v) is 5.64. The molecule has 0 aliphatic heterocycles. The van der Waals surface area contributed by atoms with E-state index in [1.165, 1.54) is 0 Å². The molecule has 0 spiro atoms. The van der Waals surface area contributed by atoms with Gasteiger partial charge in [-0.1, -0.05) is 17.4 Å². The topological polar surface area (TPSA) is 78.2 Å². The van der Waals surface area contributed by atoms with E-state index in [9.17, 15) is 4.79 Å². The van der Waals surface area contributed by atoms with E-state index in [4.69, 9.17) is 0 Å². The second-order valence-corrected chi connectivity index (χ2v) is 3.53. The largest absolute Gasteiger partial charge is 0.341 e. The lowest BCUT2D eigenvalue weighted by molar-refractivity contribution is 0.254. The maximum atomic E-state index is 11.2.